The van der Waals surface area contributed by atoms with E-state index in [-0.39, 0.29) is 11.9 Å². The smallest absolute Gasteiger partial charge is 0.264 e. The molecule has 23 heavy (non-hydrogen) atoms. The summed E-state index contributed by atoms with van der Waals surface area (Å²) in [6.07, 6.45) is 3.36. The van der Waals surface area contributed by atoms with Gasteiger partial charge >= 0.3 is 0 Å². The molecule has 2 heterocycles. The van der Waals surface area contributed by atoms with E-state index in [1.807, 2.05) is 17.5 Å². The Labute approximate surface area is 142 Å². The summed E-state index contributed by atoms with van der Waals surface area (Å²) in [6, 6.07) is 12.9. The molecule has 0 unspecified atom stereocenters. The van der Waals surface area contributed by atoms with Gasteiger partial charge < -0.3 is 9.80 Å². The van der Waals surface area contributed by atoms with Gasteiger partial charge in [0.2, 0.25) is 0 Å². The van der Waals surface area contributed by atoms with Gasteiger partial charge in [-0.3, -0.25) is 4.79 Å². The van der Waals surface area contributed by atoms with Crippen molar-refractivity contribution in [3.8, 4) is 0 Å². The SMILES string of the molecule is CN(C)Cc1ccc([C@H]2CCCCN2C(=O)c2cccs2)cc1. The van der Waals surface area contributed by atoms with Gasteiger partial charge in [-0.15, -0.1) is 11.3 Å². The molecule has 1 aromatic heterocycles. The fraction of sp³-hybridized carbons (Fsp3) is 0.421. The first-order chi connectivity index (χ1) is 11.1. The molecule has 0 N–H and O–H groups in total. The summed E-state index contributed by atoms with van der Waals surface area (Å²) >= 11 is 1.53. The lowest BCUT2D eigenvalue weighted by Gasteiger charge is -2.36. The highest BCUT2D eigenvalue weighted by molar-refractivity contribution is 7.12. The van der Waals surface area contributed by atoms with E-state index >= 15 is 0 Å². The van der Waals surface area contributed by atoms with Crippen LogP contribution in [0.5, 0.6) is 0 Å². The zero-order chi connectivity index (χ0) is 16.2. The predicted molar refractivity (Wildman–Crippen MR) is 95.8 cm³/mol. The molecule has 4 heteroatoms. The molecule has 1 aliphatic heterocycles. The number of nitrogens with zero attached hydrogens (tertiary/aromatic N) is 2. The van der Waals surface area contributed by atoms with E-state index in [4.69, 9.17) is 0 Å². The molecule has 1 atom stereocenters. The molecule has 0 radical (unpaired) electrons. The van der Waals surface area contributed by atoms with Crippen LogP contribution in [0.4, 0.5) is 0 Å². The molecule has 2 aromatic rings. The fourth-order valence-electron chi connectivity index (χ4n) is 3.27. The number of hydrogen-bond donors (Lipinski definition) is 0. The van der Waals surface area contributed by atoms with Crippen molar-refractivity contribution < 1.29 is 4.79 Å². The van der Waals surface area contributed by atoms with Crippen molar-refractivity contribution >= 4 is 17.2 Å². The van der Waals surface area contributed by atoms with Gasteiger partial charge in [0, 0.05) is 13.1 Å². The lowest BCUT2D eigenvalue weighted by atomic mass is 9.94. The summed E-state index contributed by atoms with van der Waals surface area (Å²) in [6.45, 7) is 1.81. The van der Waals surface area contributed by atoms with Gasteiger partial charge in [-0.25, -0.2) is 0 Å². The second-order valence-corrected chi connectivity index (χ2v) is 7.41. The maximum Gasteiger partial charge on any atom is 0.264 e. The van der Waals surface area contributed by atoms with E-state index < -0.39 is 0 Å². The van der Waals surface area contributed by atoms with E-state index in [0.717, 1.165) is 30.8 Å². The molecular formula is C19H24N2OS. The zero-order valence-electron chi connectivity index (χ0n) is 13.9. The Morgan fingerprint density at radius 2 is 2.00 bits per heavy atom. The van der Waals surface area contributed by atoms with Crippen molar-refractivity contribution in [2.75, 3.05) is 20.6 Å². The van der Waals surface area contributed by atoms with E-state index in [9.17, 15) is 4.79 Å². The van der Waals surface area contributed by atoms with Crippen LogP contribution in [0.1, 0.15) is 46.1 Å². The summed E-state index contributed by atoms with van der Waals surface area (Å²) in [7, 11) is 4.16. The minimum Gasteiger partial charge on any atom is -0.331 e. The van der Waals surface area contributed by atoms with Crippen LogP contribution in [0, 0.1) is 0 Å². The highest BCUT2D eigenvalue weighted by Gasteiger charge is 2.29. The van der Waals surface area contributed by atoms with E-state index in [1.165, 1.54) is 28.9 Å². The minimum atomic E-state index is 0.182. The first-order valence-electron chi connectivity index (χ1n) is 8.23. The van der Waals surface area contributed by atoms with Crippen LogP contribution in [0.15, 0.2) is 41.8 Å². The number of hydrogen-bond acceptors (Lipinski definition) is 3. The maximum absolute atomic E-state index is 12.8. The van der Waals surface area contributed by atoms with Gasteiger partial charge in [0.25, 0.3) is 5.91 Å². The van der Waals surface area contributed by atoms with Gasteiger partial charge in [-0.2, -0.15) is 0 Å². The third-order valence-electron chi connectivity index (χ3n) is 4.36. The van der Waals surface area contributed by atoms with Crippen molar-refractivity contribution in [3.63, 3.8) is 0 Å². The average molecular weight is 328 g/mol. The minimum absolute atomic E-state index is 0.182. The number of piperidine rings is 1. The number of carbonyl (C=O) groups is 1. The van der Waals surface area contributed by atoms with Crippen molar-refractivity contribution in [2.45, 2.75) is 31.8 Å². The molecule has 1 aliphatic rings. The molecule has 3 nitrogen and oxygen atoms in total. The molecule has 1 aromatic carbocycles. The third-order valence-corrected chi connectivity index (χ3v) is 5.22. The van der Waals surface area contributed by atoms with Crippen LogP contribution in [0.2, 0.25) is 0 Å². The lowest BCUT2D eigenvalue weighted by molar-refractivity contribution is 0.0616. The number of likely N-dealkylation sites (tertiary alicyclic amines) is 1. The van der Waals surface area contributed by atoms with Crippen molar-refractivity contribution in [3.05, 3.63) is 57.8 Å². The van der Waals surface area contributed by atoms with Crippen LogP contribution >= 0.6 is 11.3 Å². The lowest BCUT2D eigenvalue weighted by Crippen LogP contribution is -2.38. The zero-order valence-corrected chi connectivity index (χ0v) is 14.7. The van der Waals surface area contributed by atoms with Crippen LogP contribution in [-0.4, -0.2) is 36.3 Å². The fourth-order valence-corrected chi connectivity index (χ4v) is 3.95. The van der Waals surface area contributed by atoms with Gasteiger partial charge in [0.05, 0.1) is 10.9 Å². The number of amides is 1. The van der Waals surface area contributed by atoms with Crippen molar-refractivity contribution in [2.24, 2.45) is 0 Å². The quantitative estimate of drug-likeness (QED) is 0.841. The van der Waals surface area contributed by atoms with Gasteiger partial charge in [0.1, 0.15) is 0 Å². The van der Waals surface area contributed by atoms with Crippen molar-refractivity contribution in [1.29, 1.82) is 0 Å². The average Bonchev–Trinajstić information content (AvgIpc) is 3.09. The predicted octanol–water partition coefficient (Wildman–Crippen LogP) is 4.18. The molecule has 1 saturated heterocycles. The van der Waals surface area contributed by atoms with Gasteiger partial charge in [-0.1, -0.05) is 30.3 Å². The number of carbonyl (C=O) groups excluding carboxylic acids is 1. The van der Waals surface area contributed by atoms with E-state index in [1.54, 1.807) is 0 Å². The summed E-state index contributed by atoms with van der Waals surface area (Å²) in [5, 5.41) is 1.97. The topological polar surface area (TPSA) is 23.6 Å². The summed E-state index contributed by atoms with van der Waals surface area (Å²) < 4.78 is 0. The normalized spacial score (nSPS) is 18.4. The maximum atomic E-state index is 12.8. The highest BCUT2D eigenvalue weighted by Crippen LogP contribution is 2.33. The molecule has 0 aliphatic carbocycles. The molecular weight excluding hydrogens is 304 g/mol. The largest absolute Gasteiger partial charge is 0.331 e. The standard InChI is InChI=1S/C19H24N2OS/c1-20(2)14-15-8-10-16(11-9-15)17-6-3-4-12-21(17)19(22)18-7-5-13-23-18/h5,7-11,13,17H,3-4,6,12,14H2,1-2H3/t17-/m1/s1. The molecule has 1 amide bonds. The van der Waals surface area contributed by atoms with E-state index in [0.29, 0.717) is 0 Å². The Balaban J connectivity index is 1.79. The van der Waals surface area contributed by atoms with Crippen LogP contribution in [-0.2, 0) is 6.54 Å². The molecule has 0 bridgehead atoms. The summed E-state index contributed by atoms with van der Waals surface area (Å²) in [5.74, 6) is 0.182. The van der Waals surface area contributed by atoms with E-state index in [2.05, 4.69) is 48.2 Å². The molecule has 0 saturated carbocycles. The Kier molecular flexibility index (Phi) is 5.13. The molecule has 122 valence electrons. The van der Waals surface area contributed by atoms with Gasteiger partial charge in [-0.05, 0) is 55.9 Å². The Morgan fingerprint density at radius 3 is 2.65 bits per heavy atom. The summed E-state index contributed by atoms with van der Waals surface area (Å²) in [4.78, 5) is 17.9. The molecule has 0 spiro atoms. The van der Waals surface area contributed by atoms with Gasteiger partial charge in [0.15, 0.2) is 0 Å². The first-order valence-corrected chi connectivity index (χ1v) is 9.11. The highest BCUT2D eigenvalue weighted by atomic mass is 32.1. The molecule has 3 rings (SSSR count). The second kappa shape index (κ2) is 7.28. The third kappa shape index (κ3) is 3.82. The Morgan fingerprint density at radius 1 is 1.22 bits per heavy atom. The summed E-state index contributed by atoms with van der Waals surface area (Å²) in [5.41, 5.74) is 2.57. The number of thiophene rings is 1. The first kappa shape index (κ1) is 16.2. The van der Waals surface area contributed by atoms with Crippen molar-refractivity contribution in [1.82, 2.24) is 9.80 Å². The second-order valence-electron chi connectivity index (χ2n) is 6.47. The van der Waals surface area contributed by atoms with Crippen LogP contribution in [0.3, 0.4) is 0 Å². The molecule has 1 fully saturated rings. The Bertz CT molecular complexity index is 634. The Hall–Kier alpha value is -1.65. The number of rotatable bonds is 4. The monoisotopic (exact) mass is 328 g/mol. The number of benzene rings is 1. The van der Waals surface area contributed by atoms with Crippen LogP contribution < -0.4 is 0 Å². The van der Waals surface area contributed by atoms with Crippen LogP contribution in [0.25, 0.3) is 0 Å².